The Bertz CT molecular complexity index is 725. The van der Waals surface area contributed by atoms with Gasteiger partial charge in [-0.15, -0.1) is 34.2 Å². The van der Waals surface area contributed by atoms with Gasteiger partial charge in [0.25, 0.3) is 0 Å². The summed E-state index contributed by atoms with van der Waals surface area (Å²) in [4.78, 5) is 9.04. The molecular weight excluding hydrogens is 445 g/mol. The molecule has 1 aliphatic heterocycles. The maximum Gasteiger partial charge on any atom is 0.194 e. The lowest BCUT2D eigenvalue weighted by molar-refractivity contribution is 0.371. The van der Waals surface area contributed by atoms with Crippen molar-refractivity contribution < 1.29 is 4.74 Å². The van der Waals surface area contributed by atoms with Gasteiger partial charge < -0.3 is 24.4 Å². The van der Waals surface area contributed by atoms with Crippen LogP contribution in [0.25, 0.3) is 0 Å². The Morgan fingerprint density at radius 2 is 2.04 bits per heavy atom. The van der Waals surface area contributed by atoms with E-state index in [4.69, 9.17) is 4.74 Å². The summed E-state index contributed by atoms with van der Waals surface area (Å²) in [5, 5.41) is 11.4. The fraction of sp³-hybridized carbons (Fsp3) is 0.471. The first kappa shape index (κ1) is 20.3. The molecule has 1 aromatic carbocycles. The van der Waals surface area contributed by atoms with Gasteiger partial charge in [-0.25, -0.2) is 0 Å². The van der Waals surface area contributed by atoms with Gasteiger partial charge in [-0.2, -0.15) is 0 Å². The summed E-state index contributed by atoms with van der Waals surface area (Å²) in [5.41, 5.74) is 1.20. The average Bonchev–Trinajstić information content (AvgIpc) is 3.08. The van der Waals surface area contributed by atoms with E-state index in [1.54, 1.807) is 13.4 Å². The highest BCUT2D eigenvalue weighted by molar-refractivity contribution is 14.0. The highest BCUT2D eigenvalue weighted by Crippen LogP contribution is 2.22. The third-order valence-corrected chi connectivity index (χ3v) is 4.42. The van der Waals surface area contributed by atoms with Gasteiger partial charge in [0.1, 0.15) is 12.1 Å². The molecule has 1 aromatic heterocycles. The quantitative estimate of drug-likeness (QED) is 0.413. The van der Waals surface area contributed by atoms with Crippen molar-refractivity contribution in [2.24, 2.45) is 12.0 Å². The number of nitrogens with one attached hydrogen (secondary N) is 1. The lowest BCUT2D eigenvalue weighted by Gasteiger charge is -2.37. The van der Waals surface area contributed by atoms with Crippen LogP contribution in [0, 0.1) is 0 Å². The third-order valence-electron chi connectivity index (χ3n) is 4.42. The second-order valence-electron chi connectivity index (χ2n) is 5.93. The summed E-state index contributed by atoms with van der Waals surface area (Å²) < 4.78 is 7.22. The molecule has 3 rings (SSSR count). The van der Waals surface area contributed by atoms with Crippen molar-refractivity contribution in [2.45, 2.75) is 6.54 Å². The molecule has 2 aromatic rings. The van der Waals surface area contributed by atoms with Gasteiger partial charge in [0.15, 0.2) is 11.8 Å². The van der Waals surface area contributed by atoms with Crippen LogP contribution in [0.15, 0.2) is 35.6 Å². The number of hydrogen-bond acceptors (Lipinski definition) is 5. The van der Waals surface area contributed by atoms with Crippen molar-refractivity contribution in [2.75, 3.05) is 45.2 Å². The van der Waals surface area contributed by atoms with E-state index in [1.165, 1.54) is 5.69 Å². The Balaban J connectivity index is 0.00000243. The van der Waals surface area contributed by atoms with Crippen LogP contribution in [0.5, 0.6) is 5.75 Å². The molecule has 1 N–H and O–H groups in total. The van der Waals surface area contributed by atoms with Crippen LogP contribution >= 0.6 is 24.0 Å². The number of benzene rings is 1. The maximum atomic E-state index is 5.32. The molecule has 0 amide bonds. The first-order chi connectivity index (χ1) is 12.2. The van der Waals surface area contributed by atoms with Crippen molar-refractivity contribution in [3.63, 3.8) is 0 Å². The number of ether oxygens (including phenoxy) is 1. The highest BCUT2D eigenvalue weighted by Gasteiger charge is 2.20. The molecule has 0 aliphatic carbocycles. The van der Waals surface area contributed by atoms with Gasteiger partial charge in [0, 0.05) is 52.0 Å². The third kappa shape index (κ3) is 4.77. The Morgan fingerprint density at radius 3 is 2.65 bits per heavy atom. The predicted octanol–water partition coefficient (Wildman–Crippen LogP) is 1.34. The van der Waals surface area contributed by atoms with Crippen molar-refractivity contribution in [1.82, 2.24) is 25.0 Å². The zero-order chi connectivity index (χ0) is 17.6. The summed E-state index contributed by atoms with van der Waals surface area (Å²) in [7, 11) is 5.45. The molecule has 0 atom stereocenters. The van der Waals surface area contributed by atoms with Crippen molar-refractivity contribution in [1.29, 1.82) is 0 Å². The molecule has 0 spiro atoms. The molecule has 0 saturated carbocycles. The predicted molar refractivity (Wildman–Crippen MR) is 113 cm³/mol. The summed E-state index contributed by atoms with van der Waals surface area (Å²) in [6, 6.07) is 8.20. The average molecular weight is 471 g/mol. The minimum Gasteiger partial charge on any atom is -0.497 e. The second-order valence-corrected chi connectivity index (χ2v) is 5.93. The van der Waals surface area contributed by atoms with Crippen LogP contribution in [0.2, 0.25) is 0 Å². The number of methoxy groups -OCH3 is 1. The highest BCUT2D eigenvalue weighted by atomic mass is 127. The van der Waals surface area contributed by atoms with E-state index in [-0.39, 0.29) is 24.0 Å². The number of hydrogen-bond donors (Lipinski definition) is 1. The summed E-state index contributed by atoms with van der Waals surface area (Å²) in [5.74, 6) is 2.67. The van der Waals surface area contributed by atoms with Gasteiger partial charge >= 0.3 is 0 Å². The molecule has 2 heterocycles. The maximum absolute atomic E-state index is 5.32. The Kier molecular flexibility index (Phi) is 7.49. The van der Waals surface area contributed by atoms with Crippen molar-refractivity contribution >= 4 is 35.6 Å². The lowest BCUT2D eigenvalue weighted by Crippen LogP contribution is -2.52. The minimum absolute atomic E-state index is 0. The molecule has 1 aliphatic rings. The normalized spacial score (nSPS) is 14.8. The number of aliphatic imine (C=N–C) groups is 1. The molecule has 26 heavy (non-hydrogen) atoms. The zero-order valence-electron chi connectivity index (χ0n) is 15.4. The SMILES string of the molecule is CN=C(NCc1nncn1C)N1CCN(c2cccc(OC)c2)CC1.I. The summed E-state index contributed by atoms with van der Waals surface area (Å²) in [6.07, 6.45) is 1.70. The first-order valence-corrected chi connectivity index (χ1v) is 8.38. The monoisotopic (exact) mass is 471 g/mol. The molecule has 0 unspecified atom stereocenters. The zero-order valence-corrected chi connectivity index (χ0v) is 17.8. The molecule has 0 bridgehead atoms. The van der Waals surface area contributed by atoms with Crippen LogP contribution in [0.3, 0.4) is 0 Å². The Hall–Kier alpha value is -2.04. The van der Waals surface area contributed by atoms with E-state index in [0.717, 1.165) is 43.7 Å². The number of anilines is 1. The number of halogens is 1. The Labute approximate surface area is 171 Å². The smallest absolute Gasteiger partial charge is 0.194 e. The van der Waals surface area contributed by atoms with Crippen molar-refractivity contribution in [3.05, 3.63) is 36.4 Å². The van der Waals surface area contributed by atoms with Gasteiger partial charge in [0.2, 0.25) is 0 Å². The number of piperazine rings is 1. The van der Waals surface area contributed by atoms with E-state index in [0.29, 0.717) is 6.54 Å². The number of nitrogens with zero attached hydrogens (tertiary/aromatic N) is 6. The van der Waals surface area contributed by atoms with E-state index in [1.807, 2.05) is 30.8 Å². The molecular formula is C17H26IN7O. The van der Waals surface area contributed by atoms with Crippen LogP contribution < -0.4 is 15.0 Å². The number of aryl methyl sites for hydroxylation is 1. The van der Waals surface area contributed by atoms with Gasteiger partial charge in [-0.3, -0.25) is 4.99 Å². The van der Waals surface area contributed by atoms with Gasteiger partial charge in [-0.05, 0) is 12.1 Å². The summed E-state index contributed by atoms with van der Waals surface area (Å²) >= 11 is 0. The van der Waals surface area contributed by atoms with Gasteiger partial charge in [0.05, 0.1) is 13.7 Å². The van der Waals surface area contributed by atoms with E-state index < -0.39 is 0 Å². The molecule has 1 fully saturated rings. The number of rotatable bonds is 4. The van der Waals surface area contributed by atoms with Crippen molar-refractivity contribution in [3.8, 4) is 5.75 Å². The second kappa shape index (κ2) is 9.60. The first-order valence-electron chi connectivity index (χ1n) is 8.38. The largest absolute Gasteiger partial charge is 0.497 e. The molecule has 9 heteroatoms. The van der Waals surface area contributed by atoms with Gasteiger partial charge in [-0.1, -0.05) is 6.07 Å². The van der Waals surface area contributed by atoms with Crippen LogP contribution in [-0.4, -0.2) is 66.0 Å². The fourth-order valence-electron chi connectivity index (χ4n) is 2.94. The number of aromatic nitrogens is 3. The number of guanidine groups is 1. The fourth-order valence-corrected chi connectivity index (χ4v) is 2.94. The van der Waals surface area contributed by atoms with Crippen LogP contribution in [-0.2, 0) is 13.6 Å². The van der Waals surface area contributed by atoms with Crippen LogP contribution in [0.4, 0.5) is 5.69 Å². The molecule has 0 radical (unpaired) electrons. The van der Waals surface area contributed by atoms with Crippen LogP contribution in [0.1, 0.15) is 5.82 Å². The van der Waals surface area contributed by atoms with E-state index in [2.05, 4.69) is 42.4 Å². The minimum atomic E-state index is 0. The lowest BCUT2D eigenvalue weighted by atomic mass is 10.2. The molecule has 1 saturated heterocycles. The molecule has 8 nitrogen and oxygen atoms in total. The summed E-state index contributed by atoms with van der Waals surface area (Å²) in [6.45, 7) is 4.32. The Morgan fingerprint density at radius 1 is 1.27 bits per heavy atom. The standard InChI is InChI=1S/C17H25N7O.HI/c1-18-17(19-12-16-21-20-13-22(16)2)24-9-7-23(8-10-24)14-5-4-6-15(11-14)25-3;/h4-6,11,13H,7-10,12H2,1-3H3,(H,18,19);1H. The van der Waals surface area contributed by atoms with E-state index >= 15 is 0 Å². The molecule has 142 valence electrons. The topological polar surface area (TPSA) is 70.8 Å². The van der Waals surface area contributed by atoms with E-state index in [9.17, 15) is 0 Å².